The van der Waals surface area contributed by atoms with Crippen molar-refractivity contribution >= 4 is 11.8 Å². The zero-order chi connectivity index (χ0) is 23.5. The number of aryl methyl sites for hydroxylation is 8. The van der Waals surface area contributed by atoms with E-state index in [0.717, 1.165) is 24.6 Å². The van der Waals surface area contributed by atoms with Crippen LogP contribution in [0.3, 0.4) is 0 Å². The lowest BCUT2D eigenvalue weighted by atomic mass is 10.1. The van der Waals surface area contributed by atoms with Crippen LogP contribution in [-0.2, 0) is 13.1 Å². The maximum atomic E-state index is 2.29. The molecule has 0 aliphatic rings. The lowest BCUT2D eigenvalue weighted by Gasteiger charge is -2.07. The van der Waals surface area contributed by atoms with Crippen LogP contribution in [0.2, 0.25) is 0 Å². The Morgan fingerprint density at radius 1 is 0.606 bits per heavy atom. The van der Waals surface area contributed by atoms with Crippen molar-refractivity contribution in [3.8, 4) is 11.4 Å². The van der Waals surface area contributed by atoms with Crippen molar-refractivity contribution in [2.45, 2.75) is 54.6 Å². The van der Waals surface area contributed by atoms with Gasteiger partial charge in [-0.2, -0.15) is 11.8 Å². The van der Waals surface area contributed by atoms with E-state index in [4.69, 9.17) is 0 Å². The molecule has 4 rings (SSSR count). The summed E-state index contributed by atoms with van der Waals surface area (Å²) in [4.78, 5) is 0. The molecule has 5 heteroatoms. The Morgan fingerprint density at radius 2 is 0.970 bits per heavy atom. The van der Waals surface area contributed by atoms with Gasteiger partial charge in [-0.25, -0.2) is 18.3 Å². The Labute approximate surface area is 202 Å². The SMILES string of the molecule is Cc1cc(C)c(-n2cc[n+](CCSCC[n+]3ccn(-c4c(C)cc(C)cc4C)c3)c2)c(C)c1. The first-order valence-electron chi connectivity index (χ1n) is 11.7. The van der Waals surface area contributed by atoms with Gasteiger partial charge in [0, 0.05) is 11.5 Å². The molecule has 0 saturated carbocycles. The maximum Gasteiger partial charge on any atom is 0.249 e. The highest BCUT2D eigenvalue weighted by Gasteiger charge is 2.14. The molecule has 0 amide bonds. The molecular formula is C28H36N4S+2. The first-order chi connectivity index (χ1) is 15.8. The molecule has 0 unspecified atom stereocenters. The van der Waals surface area contributed by atoms with Crippen LogP contribution in [0.5, 0.6) is 0 Å². The lowest BCUT2D eigenvalue weighted by Crippen LogP contribution is -2.34. The highest BCUT2D eigenvalue weighted by molar-refractivity contribution is 7.99. The first-order valence-corrected chi connectivity index (χ1v) is 12.9. The van der Waals surface area contributed by atoms with Gasteiger partial charge < -0.3 is 0 Å². The highest BCUT2D eigenvalue weighted by atomic mass is 32.2. The average molecular weight is 461 g/mol. The molecule has 0 bridgehead atoms. The van der Waals surface area contributed by atoms with E-state index >= 15 is 0 Å². The van der Waals surface area contributed by atoms with Crippen molar-refractivity contribution in [2.75, 3.05) is 11.5 Å². The van der Waals surface area contributed by atoms with Gasteiger partial charge in [-0.3, -0.25) is 0 Å². The fourth-order valence-corrected chi connectivity index (χ4v) is 5.80. The topological polar surface area (TPSA) is 17.6 Å². The van der Waals surface area contributed by atoms with Crippen molar-refractivity contribution < 1.29 is 9.13 Å². The Hall–Kier alpha value is -2.79. The van der Waals surface area contributed by atoms with Gasteiger partial charge in [-0.15, -0.1) is 0 Å². The van der Waals surface area contributed by atoms with Crippen molar-refractivity contribution in [2.24, 2.45) is 0 Å². The zero-order valence-electron chi connectivity index (χ0n) is 20.8. The number of aromatic nitrogens is 4. The molecule has 2 aromatic carbocycles. The molecule has 2 heterocycles. The lowest BCUT2D eigenvalue weighted by molar-refractivity contribution is -0.692. The summed E-state index contributed by atoms with van der Waals surface area (Å²) in [7, 11) is 0. The van der Waals surface area contributed by atoms with Crippen molar-refractivity contribution in [3.05, 3.63) is 95.1 Å². The molecule has 0 spiro atoms. The van der Waals surface area contributed by atoms with Crippen molar-refractivity contribution in [1.82, 2.24) is 9.13 Å². The minimum Gasteiger partial charge on any atom is -0.236 e. The summed E-state index contributed by atoms with van der Waals surface area (Å²) in [6.45, 7) is 15.2. The van der Waals surface area contributed by atoms with E-state index in [1.165, 1.54) is 44.8 Å². The van der Waals surface area contributed by atoms with Gasteiger partial charge in [-0.05, 0) is 63.8 Å². The highest BCUT2D eigenvalue weighted by Crippen LogP contribution is 2.21. The molecule has 172 valence electrons. The van der Waals surface area contributed by atoms with E-state index < -0.39 is 0 Å². The predicted octanol–water partition coefficient (Wildman–Crippen LogP) is 5.13. The molecule has 0 aliphatic carbocycles. The molecule has 4 nitrogen and oxygen atoms in total. The minimum atomic E-state index is 1.02. The third kappa shape index (κ3) is 5.41. The summed E-state index contributed by atoms with van der Waals surface area (Å²) in [5.41, 5.74) is 10.5. The number of thioether (sulfide) groups is 1. The van der Waals surface area contributed by atoms with E-state index in [1.807, 2.05) is 11.8 Å². The van der Waals surface area contributed by atoms with Gasteiger partial charge in [0.25, 0.3) is 0 Å². The minimum absolute atomic E-state index is 1.02. The number of rotatable bonds is 8. The summed E-state index contributed by atoms with van der Waals surface area (Å²) in [5.74, 6) is 2.22. The van der Waals surface area contributed by atoms with Crippen molar-refractivity contribution in [1.29, 1.82) is 0 Å². The monoisotopic (exact) mass is 460 g/mol. The van der Waals surface area contributed by atoms with E-state index in [9.17, 15) is 0 Å². The van der Waals surface area contributed by atoms with Crippen LogP contribution in [0.4, 0.5) is 0 Å². The number of hydrogen-bond acceptors (Lipinski definition) is 1. The fraction of sp³-hybridized carbons (Fsp3) is 0.357. The van der Waals surface area contributed by atoms with Crippen LogP contribution in [0.25, 0.3) is 11.4 Å². The Bertz CT molecular complexity index is 1120. The second kappa shape index (κ2) is 10.0. The smallest absolute Gasteiger partial charge is 0.236 e. The van der Waals surface area contributed by atoms with E-state index in [0.29, 0.717) is 0 Å². The number of benzene rings is 2. The molecule has 4 aromatic rings. The maximum absolute atomic E-state index is 2.29. The van der Waals surface area contributed by atoms with Gasteiger partial charge in [-0.1, -0.05) is 35.4 Å². The van der Waals surface area contributed by atoms with Gasteiger partial charge in [0.2, 0.25) is 12.7 Å². The Morgan fingerprint density at radius 3 is 1.33 bits per heavy atom. The number of hydrogen-bond donors (Lipinski definition) is 0. The summed E-state index contributed by atoms with van der Waals surface area (Å²) >= 11 is 2.01. The molecule has 2 aromatic heterocycles. The average Bonchev–Trinajstić information content (AvgIpc) is 3.36. The second-order valence-corrected chi connectivity index (χ2v) is 10.4. The van der Waals surface area contributed by atoms with Crippen LogP contribution < -0.4 is 9.13 Å². The molecule has 0 atom stereocenters. The fourth-order valence-electron chi connectivity index (χ4n) is 4.92. The largest absolute Gasteiger partial charge is 0.249 e. The summed E-state index contributed by atoms with van der Waals surface area (Å²) < 4.78 is 9.08. The predicted molar refractivity (Wildman–Crippen MR) is 138 cm³/mol. The normalized spacial score (nSPS) is 11.3. The summed E-state index contributed by atoms with van der Waals surface area (Å²) in [6.07, 6.45) is 13.1. The zero-order valence-corrected chi connectivity index (χ0v) is 21.6. The van der Waals surface area contributed by atoms with E-state index in [-0.39, 0.29) is 0 Å². The quantitative estimate of drug-likeness (QED) is 0.263. The van der Waals surface area contributed by atoms with Crippen LogP contribution in [0.1, 0.15) is 33.4 Å². The summed E-state index contributed by atoms with van der Waals surface area (Å²) in [5, 5.41) is 0. The van der Waals surface area contributed by atoms with Gasteiger partial charge in [0.1, 0.15) is 36.2 Å². The standard InChI is InChI=1S/C28H36N4S/c1-21-15-23(3)27(24(4)16-21)31-9-7-29(19-31)11-13-33-14-12-30-8-10-32(20-30)28-25(5)17-22(2)18-26(28)6/h7-10,15-20H,11-14H2,1-6H3/q+2. The summed E-state index contributed by atoms with van der Waals surface area (Å²) in [6, 6.07) is 9.04. The van der Waals surface area contributed by atoms with Crippen LogP contribution in [0, 0.1) is 41.5 Å². The molecule has 0 radical (unpaired) electrons. The number of nitrogens with zero attached hydrogens (tertiary/aromatic N) is 4. The molecule has 0 N–H and O–H groups in total. The number of imidazole rings is 2. The molecule has 33 heavy (non-hydrogen) atoms. The van der Waals surface area contributed by atoms with Gasteiger partial charge >= 0.3 is 0 Å². The first kappa shape index (κ1) is 23.4. The van der Waals surface area contributed by atoms with Gasteiger partial charge in [0.05, 0.1) is 13.1 Å². The van der Waals surface area contributed by atoms with Crippen LogP contribution >= 0.6 is 11.8 Å². The molecule has 0 saturated heterocycles. The molecular weight excluding hydrogens is 424 g/mol. The second-order valence-electron chi connectivity index (χ2n) is 9.22. The van der Waals surface area contributed by atoms with E-state index in [2.05, 4.69) is 122 Å². The Kier molecular flexibility index (Phi) is 7.08. The third-order valence-corrected chi connectivity index (χ3v) is 7.10. The van der Waals surface area contributed by atoms with Crippen LogP contribution in [0.15, 0.2) is 61.7 Å². The Balaban J connectivity index is 1.29. The van der Waals surface area contributed by atoms with Crippen molar-refractivity contribution in [3.63, 3.8) is 0 Å². The molecule has 0 aliphatic heterocycles. The molecule has 0 fully saturated rings. The van der Waals surface area contributed by atoms with E-state index in [1.54, 1.807) is 0 Å². The third-order valence-electron chi connectivity index (χ3n) is 6.16. The van der Waals surface area contributed by atoms with Gasteiger partial charge in [0.15, 0.2) is 0 Å². The van der Waals surface area contributed by atoms with Crippen LogP contribution in [-0.4, -0.2) is 20.6 Å².